The lowest BCUT2D eigenvalue weighted by Gasteiger charge is -2.34. The largest absolute Gasteiger partial charge is 0.495 e. The summed E-state index contributed by atoms with van der Waals surface area (Å²) in [7, 11) is 1.59. The van der Waals surface area contributed by atoms with Crippen molar-refractivity contribution >= 4 is 11.7 Å². The van der Waals surface area contributed by atoms with Crippen molar-refractivity contribution in [3.8, 4) is 5.75 Å². The van der Waals surface area contributed by atoms with Gasteiger partial charge in [0.15, 0.2) is 0 Å². The van der Waals surface area contributed by atoms with Crippen molar-refractivity contribution in [2.75, 3.05) is 51.7 Å². The maximum atomic E-state index is 12.2. The molecule has 2 amide bonds. The lowest BCUT2D eigenvalue weighted by molar-refractivity contribution is 0.149. The number of carbonyl (C=O) groups excluding carboxylic acids is 1. The highest BCUT2D eigenvalue weighted by atomic mass is 16.5. The molecule has 1 saturated heterocycles. The molecule has 0 radical (unpaired) electrons. The molecule has 1 aromatic carbocycles. The van der Waals surface area contributed by atoms with Crippen LogP contribution in [0.3, 0.4) is 0 Å². The number of methoxy groups -OCH3 is 1. The number of carbonyl (C=O) groups is 1. The first-order chi connectivity index (χ1) is 9.74. The minimum absolute atomic E-state index is 0.0816. The first-order valence-electron chi connectivity index (χ1n) is 6.86. The number of piperazine rings is 1. The van der Waals surface area contributed by atoms with E-state index in [1.165, 1.54) is 0 Å². The summed E-state index contributed by atoms with van der Waals surface area (Å²) in [5, 5.41) is 2.90. The van der Waals surface area contributed by atoms with Gasteiger partial charge < -0.3 is 20.7 Å². The first kappa shape index (κ1) is 14.6. The minimum atomic E-state index is -0.0816. The fraction of sp³-hybridized carbons (Fsp3) is 0.500. The van der Waals surface area contributed by atoms with Gasteiger partial charge in [-0.15, -0.1) is 0 Å². The van der Waals surface area contributed by atoms with E-state index in [-0.39, 0.29) is 6.03 Å². The van der Waals surface area contributed by atoms with Crippen LogP contribution in [0.5, 0.6) is 5.75 Å². The van der Waals surface area contributed by atoms with E-state index in [0.717, 1.165) is 32.7 Å². The zero-order valence-corrected chi connectivity index (χ0v) is 11.8. The molecule has 3 N–H and O–H groups in total. The molecule has 0 bridgehead atoms. The second kappa shape index (κ2) is 7.12. The number of benzene rings is 1. The Kier molecular flexibility index (Phi) is 5.20. The zero-order chi connectivity index (χ0) is 14.4. The first-order valence-corrected chi connectivity index (χ1v) is 6.86. The van der Waals surface area contributed by atoms with Gasteiger partial charge in [0.05, 0.1) is 12.8 Å². The van der Waals surface area contributed by atoms with Gasteiger partial charge in [-0.05, 0) is 12.1 Å². The second-order valence-electron chi connectivity index (χ2n) is 4.75. The third kappa shape index (κ3) is 3.61. The van der Waals surface area contributed by atoms with Crippen LogP contribution in [0, 0.1) is 0 Å². The Morgan fingerprint density at radius 2 is 2.00 bits per heavy atom. The fourth-order valence-electron chi connectivity index (χ4n) is 2.30. The number of hydrogen-bond acceptors (Lipinski definition) is 4. The molecule has 1 heterocycles. The summed E-state index contributed by atoms with van der Waals surface area (Å²) in [5.74, 6) is 0.669. The van der Waals surface area contributed by atoms with E-state index in [2.05, 4.69) is 10.2 Å². The van der Waals surface area contributed by atoms with Crippen molar-refractivity contribution in [2.45, 2.75) is 0 Å². The topological polar surface area (TPSA) is 70.8 Å². The average Bonchev–Trinajstić information content (AvgIpc) is 2.49. The number of amides is 2. The molecule has 1 aromatic rings. The van der Waals surface area contributed by atoms with E-state index in [1.807, 2.05) is 29.2 Å². The molecule has 2 rings (SSSR count). The summed E-state index contributed by atoms with van der Waals surface area (Å²) in [6, 6.07) is 7.33. The Morgan fingerprint density at radius 1 is 1.30 bits per heavy atom. The molecule has 6 heteroatoms. The number of anilines is 1. The summed E-state index contributed by atoms with van der Waals surface area (Å²) in [6.45, 7) is 4.74. The van der Waals surface area contributed by atoms with Crippen LogP contribution in [0.1, 0.15) is 0 Å². The SMILES string of the molecule is COc1ccccc1NC(=O)N1CCN(CCN)CC1. The van der Waals surface area contributed by atoms with Crippen LogP contribution in [0.15, 0.2) is 24.3 Å². The minimum Gasteiger partial charge on any atom is -0.495 e. The molecule has 0 unspecified atom stereocenters. The van der Waals surface area contributed by atoms with Gasteiger partial charge in [0.25, 0.3) is 0 Å². The van der Waals surface area contributed by atoms with Crippen molar-refractivity contribution in [2.24, 2.45) is 5.73 Å². The van der Waals surface area contributed by atoms with Crippen molar-refractivity contribution in [1.82, 2.24) is 9.80 Å². The monoisotopic (exact) mass is 278 g/mol. The molecule has 6 nitrogen and oxygen atoms in total. The highest BCUT2D eigenvalue weighted by molar-refractivity contribution is 5.91. The zero-order valence-electron chi connectivity index (χ0n) is 11.8. The third-order valence-electron chi connectivity index (χ3n) is 3.45. The second-order valence-corrected chi connectivity index (χ2v) is 4.75. The van der Waals surface area contributed by atoms with Gasteiger partial charge in [0.2, 0.25) is 0 Å². The number of para-hydroxylation sites is 2. The summed E-state index contributed by atoms with van der Waals surface area (Å²) in [5.41, 5.74) is 6.24. The van der Waals surface area contributed by atoms with Crippen LogP contribution in [-0.2, 0) is 0 Å². The molecule has 0 aliphatic carbocycles. The highest BCUT2D eigenvalue weighted by Crippen LogP contribution is 2.23. The van der Waals surface area contributed by atoms with Crippen molar-refractivity contribution in [3.63, 3.8) is 0 Å². The Bertz CT molecular complexity index is 445. The smallest absolute Gasteiger partial charge is 0.322 e. The molecule has 1 aliphatic rings. The van der Waals surface area contributed by atoms with Gasteiger partial charge >= 0.3 is 6.03 Å². The molecule has 0 spiro atoms. The predicted octanol–water partition coefficient (Wildman–Crippen LogP) is 0.803. The predicted molar refractivity (Wildman–Crippen MR) is 79.1 cm³/mol. The molecule has 20 heavy (non-hydrogen) atoms. The standard InChI is InChI=1S/C14H22N4O2/c1-20-13-5-3-2-4-12(13)16-14(19)18-10-8-17(7-6-15)9-11-18/h2-5H,6-11,15H2,1H3,(H,16,19). The molecule has 1 aliphatic heterocycles. The summed E-state index contributed by atoms with van der Waals surface area (Å²) < 4.78 is 5.23. The van der Waals surface area contributed by atoms with Crippen LogP contribution in [0.25, 0.3) is 0 Å². The average molecular weight is 278 g/mol. The summed E-state index contributed by atoms with van der Waals surface area (Å²) in [4.78, 5) is 16.3. The lowest BCUT2D eigenvalue weighted by atomic mass is 10.3. The highest BCUT2D eigenvalue weighted by Gasteiger charge is 2.21. The fourth-order valence-corrected chi connectivity index (χ4v) is 2.30. The van der Waals surface area contributed by atoms with Gasteiger partial charge in [-0.25, -0.2) is 4.79 Å². The maximum absolute atomic E-state index is 12.2. The molecule has 0 saturated carbocycles. The van der Waals surface area contributed by atoms with Gasteiger partial charge in [-0.2, -0.15) is 0 Å². The van der Waals surface area contributed by atoms with Crippen molar-refractivity contribution in [1.29, 1.82) is 0 Å². The number of nitrogens with two attached hydrogens (primary N) is 1. The Hall–Kier alpha value is -1.79. The van der Waals surface area contributed by atoms with E-state index in [0.29, 0.717) is 18.0 Å². The Morgan fingerprint density at radius 3 is 2.65 bits per heavy atom. The summed E-state index contributed by atoms with van der Waals surface area (Å²) in [6.07, 6.45) is 0. The maximum Gasteiger partial charge on any atom is 0.322 e. The van der Waals surface area contributed by atoms with Gasteiger partial charge in [0, 0.05) is 39.3 Å². The quantitative estimate of drug-likeness (QED) is 0.855. The van der Waals surface area contributed by atoms with E-state index >= 15 is 0 Å². The van der Waals surface area contributed by atoms with Crippen molar-refractivity contribution in [3.05, 3.63) is 24.3 Å². The number of nitrogens with one attached hydrogen (secondary N) is 1. The van der Waals surface area contributed by atoms with Gasteiger partial charge in [-0.3, -0.25) is 4.90 Å². The number of ether oxygens (including phenoxy) is 1. The van der Waals surface area contributed by atoms with Crippen LogP contribution >= 0.6 is 0 Å². The molecular weight excluding hydrogens is 256 g/mol. The molecule has 0 aromatic heterocycles. The van der Waals surface area contributed by atoms with Gasteiger partial charge in [0.1, 0.15) is 5.75 Å². The van der Waals surface area contributed by atoms with Crippen LogP contribution in [-0.4, -0.2) is 62.2 Å². The number of hydrogen-bond donors (Lipinski definition) is 2. The van der Waals surface area contributed by atoms with Gasteiger partial charge in [-0.1, -0.05) is 12.1 Å². The van der Waals surface area contributed by atoms with Crippen LogP contribution in [0.2, 0.25) is 0 Å². The van der Waals surface area contributed by atoms with Crippen LogP contribution in [0.4, 0.5) is 10.5 Å². The van der Waals surface area contributed by atoms with E-state index in [1.54, 1.807) is 7.11 Å². The Balaban J connectivity index is 1.89. The van der Waals surface area contributed by atoms with E-state index < -0.39 is 0 Å². The van der Waals surface area contributed by atoms with E-state index in [4.69, 9.17) is 10.5 Å². The van der Waals surface area contributed by atoms with Crippen LogP contribution < -0.4 is 15.8 Å². The normalized spacial score (nSPS) is 16.0. The number of nitrogens with zero attached hydrogens (tertiary/aromatic N) is 2. The lowest BCUT2D eigenvalue weighted by Crippen LogP contribution is -2.50. The molecule has 0 atom stereocenters. The molecule has 110 valence electrons. The third-order valence-corrected chi connectivity index (χ3v) is 3.45. The molecular formula is C14H22N4O2. The molecule has 1 fully saturated rings. The van der Waals surface area contributed by atoms with E-state index in [9.17, 15) is 4.79 Å². The number of urea groups is 1. The Labute approximate surface area is 119 Å². The van der Waals surface area contributed by atoms with Crippen molar-refractivity contribution < 1.29 is 9.53 Å². The number of rotatable bonds is 4. The summed E-state index contributed by atoms with van der Waals surface area (Å²) >= 11 is 0.